The van der Waals surface area contributed by atoms with Crippen LogP contribution in [-0.4, -0.2) is 32.4 Å². The first-order valence-electron chi connectivity index (χ1n) is 9.85. The van der Waals surface area contributed by atoms with Crippen LogP contribution in [0.2, 0.25) is 10.0 Å². The molecule has 4 N–H and O–H groups in total. The first-order valence-corrected chi connectivity index (χ1v) is 10.6. The minimum atomic E-state index is -0.320. The van der Waals surface area contributed by atoms with Gasteiger partial charge in [0.25, 0.3) is 0 Å². The van der Waals surface area contributed by atoms with Crippen LogP contribution >= 0.6 is 23.2 Å². The molecule has 1 atom stereocenters. The minimum Gasteiger partial charge on any atom is -0.495 e. The van der Waals surface area contributed by atoms with Gasteiger partial charge in [0, 0.05) is 35.0 Å². The Bertz CT molecular complexity index is 894. The van der Waals surface area contributed by atoms with Gasteiger partial charge in [-0.25, -0.2) is 0 Å². The van der Waals surface area contributed by atoms with Gasteiger partial charge in [-0.1, -0.05) is 29.8 Å². The molecule has 162 valence electrons. The van der Waals surface area contributed by atoms with Crippen LogP contribution in [0.5, 0.6) is 11.5 Å². The Morgan fingerprint density at radius 2 is 1.93 bits per heavy atom. The lowest BCUT2D eigenvalue weighted by molar-refractivity contribution is -0.116. The van der Waals surface area contributed by atoms with E-state index in [0.29, 0.717) is 52.3 Å². The van der Waals surface area contributed by atoms with Gasteiger partial charge in [-0.05, 0) is 49.7 Å². The number of carbonyl (C=O) groups excluding carboxylic acids is 1. The number of nitrogens with two attached hydrogens (primary N) is 1. The van der Waals surface area contributed by atoms with Crippen LogP contribution in [0, 0.1) is 10.8 Å². The summed E-state index contributed by atoms with van der Waals surface area (Å²) < 4.78 is 10.8. The van der Waals surface area contributed by atoms with Crippen LogP contribution in [0.1, 0.15) is 43.6 Å². The first-order chi connectivity index (χ1) is 14.3. The number of ether oxygens (including phenoxy) is 2. The van der Waals surface area contributed by atoms with E-state index in [1.807, 2.05) is 0 Å². The number of nitrogens with one attached hydrogen (secondary N) is 2. The van der Waals surface area contributed by atoms with E-state index in [4.69, 9.17) is 43.8 Å². The summed E-state index contributed by atoms with van der Waals surface area (Å²) >= 11 is 13.2. The van der Waals surface area contributed by atoms with Crippen molar-refractivity contribution in [1.29, 1.82) is 5.41 Å². The lowest BCUT2D eigenvalue weighted by Gasteiger charge is -2.30. The van der Waals surface area contributed by atoms with Crippen LogP contribution in [0.3, 0.4) is 0 Å². The van der Waals surface area contributed by atoms with Gasteiger partial charge >= 0.3 is 0 Å². The van der Waals surface area contributed by atoms with Crippen molar-refractivity contribution in [3.63, 3.8) is 0 Å². The fourth-order valence-corrected chi connectivity index (χ4v) is 4.89. The molecule has 1 unspecified atom stereocenters. The molecule has 1 aromatic carbocycles. The van der Waals surface area contributed by atoms with Gasteiger partial charge in [-0.15, -0.1) is 0 Å². The average molecular weight is 452 g/mol. The third kappa shape index (κ3) is 4.16. The molecule has 0 radical (unpaired) electrons. The molecule has 1 aromatic rings. The normalized spacial score (nSPS) is 19.8. The molecule has 0 bridgehead atoms. The van der Waals surface area contributed by atoms with Crippen LogP contribution in [0.25, 0.3) is 0 Å². The number of methoxy groups -OCH3 is 2. The Morgan fingerprint density at radius 1 is 1.33 bits per heavy atom. The summed E-state index contributed by atoms with van der Waals surface area (Å²) in [5.74, 6) is 0.782. The second-order valence-corrected chi connectivity index (χ2v) is 8.60. The highest BCUT2D eigenvalue weighted by molar-refractivity contribution is 6.38. The van der Waals surface area contributed by atoms with Crippen molar-refractivity contribution in [2.24, 2.45) is 11.1 Å². The molecule has 1 saturated carbocycles. The Labute approximate surface area is 186 Å². The molecule has 8 heteroatoms. The molecule has 2 aliphatic carbocycles. The maximum atomic E-state index is 11.5. The van der Waals surface area contributed by atoms with Gasteiger partial charge in [-0.2, -0.15) is 0 Å². The third-order valence-electron chi connectivity index (χ3n) is 6.08. The van der Waals surface area contributed by atoms with Gasteiger partial charge in [0.05, 0.1) is 24.3 Å². The van der Waals surface area contributed by atoms with E-state index < -0.39 is 0 Å². The van der Waals surface area contributed by atoms with Gasteiger partial charge in [0.1, 0.15) is 11.5 Å². The molecule has 30 heavy (non-hydrogen) atoms. The molecule has 6 nitrogen and oxygen atoms in total. The third-order valence-corrected chi connectivity index (χ3v) is 6.86. The van der Waals surface area contributed by atoms with Crippen molar-refractivity contribution in [1.82, 2.24) is 5.32 Å². The molecule has 0 saturated heterocycles. The molecule has 1 amide bonds. The zero-order valence-electron chi connectivity index (χ0n) is 17.2. The number of hydrogen-bond acceptors (Lipinski definition) is 5. The molecular formula is C22H27Cl2N3O3. The quantitative estimate of drug-likeness (QED) is 0.397. The second kappa shape index (κ2) is 8.90. The van der Waals surface area contributed by atoms with Crippen molar-refractivity contribution >= 4 is 34.8 Å². The molecule has 0 heterocycles. The van der Waals surface area contributed by atoms with Crippen LogP contribution < -0.4 is 20.5 Å². The van der Waals surface area contributed by atoms with E-state index >= 15 is 0 Å². The Kier molecular flexibility index (Phi) is 6.68. The van der Waals surface area contributed by atoms with Crippen molar-refractivity contribution in [2.45, 2.75) is 38.0 Å². The molecule has 0 aliphatic heterocycles. The van der Waals surface area contributed by atoms with Crippen LogP contribution in [0.4, 0.5) is 0 Å². The summed E-state index contributed by atoms with van der Waals surface area (Å²) in [6.07, 6.45) is 4.93. The Hall–Kier alpha value is -2.18. The number of benzene rings is 1. The molecule has 1 fully saturated rings. The van der Waals surface area contributed by atoms with E-state index in [2.05, 4.69) is 11.9 Å². The summed E-state index contributed by atoms with van der Waals surface area (Å²) in [6.45, 7) is 3.90. The highest BCUT2D eigenvalue weighted by atomic mass is 35.5. The van der Waals surface area contributed by atoms with Gasteiger partial charge < -0.3 is 25.9 Å². The standard InChI is InChI=1S/C22H27Cl2N3O3/c1-4-17(28)27-11-22(7-8-22)21(26)13-6-5-12(9-14(13)25)18-19(23)15(29-2)10-16(30-3)20(18)24/h4,10,12,26H,1,5-9,11,25H2,2-3H3,(H,27,28). The number of allylic oxidation sites excluding steroid dienone is 2. The predicted octanol–water partition coefficient (Wildman–Crippen LogP) is 4.59. The number of amides is 1. The van der Waals surface area contributed by atoms with Gasteiger partial charge in [0.15, 0.2) is 0 Å². The monoisotopic (exact) mass is 451 g/mol. The zero-order valence-corrected chi connectivity index (χ0v) is 18.8. The van der Waals surface area contributed by atoms with E-state index in [9.17, 15) is 4.79 Å². The van der Waals surface area contributed by atoms with Crippen LogP contribution in [0.15, 0.2) is 30.0 Å². The predicted molar refractivity (Wildman–Crippen MR) is 120 cm³/mol. The summed E-state index contributed by atoms with van der Waals surface area (Å²) in [4.78, 5) is 11.5. The Balaban J connectivity index is 1.84. The Morgan fingerprint density at radius 3 is 2.40 bits per heavy atom. The second-order valence-electron chi connectivity index (χ2n) is 7.84. The maximum absolute atomic E-state index is 11.5. The fraction of sp³-hybridized carbons (Fsp3) is 0.455. The van der Waals surface area contributed by atoms with Crippen molar-refractivity contribution in [3.8, 4) is 11.5 Å². The molecule has 3 rings (SSSR count). The number of carbonyl (C=O) groups is 1. The summed E-state index contributed by atoms with van der Waals surface area (Å²) in [6, 6.07) is 1.67. The van der Waals surface area contributed by atoms with Gasteiger partial charge in [0.2, 0.25) is 5.91 Å². The van der Waals surface area contributed by atoms with E-state index in [1.165, 1.54) is 6.08 Å². The van der Waals surface area contributed by atoms with E-state index in [0.717, 1.165) is 30.4 Å². The smallest absolute Gasteiger partial charge is 0.243 e. The van der Waals surface area contributed by atoms with Crippen molar-refractivity contribution in [2.75, 3.05) is 20.8 Å². The fourth-order valence-electron chi connectivity index (χ4n) is 4.08. The van der Waals surface area contributed by atoms with E-state index in [1.54, 1.807) is 20.3 Å². The number of hydrogen-bond donors (Lipinski definition) is 3. The lowest BCUT2D eigenvalue weighted by atomic mass is 9.78. The highest BCUT2D eigenvalue weighted by Gasteiger charge is 2.48. The summed E-state index contributed by atoms with van der Waals surface area (Å²) in [5, 5.41) is 12.5. The average Bonchev–Trinajstić information content (AvgIpc) is 3.53. The number of halogens is 2. The van der Waals surface area contributed by atoms with E-state index in [-0.39, 0.29) is 17.2 Å². The maximum Gasteiger partial charge on any atom is 0.243 e. The largest absolute Gasteiger partial charge is 0.495 e. The highest BCUT2D eigenvalue weighted by Crippen LogP contribution is 2.52. The SMILES string of the molecule is C=CC(=O)NCC1(C(=N)C2=C(N)CC(c3c(Cl)c(OC)cc(OC)c3Cl)CC2)CC1. The zero-order chi connectivity index (χ0) is 22.1. The van der Waals surface area contributed by atoms with Crippen LogP contribution in [-0.2, 0) is 4.79 Å². The minimum absolute atomic E-state index is 0.00108. The number of rotatable bonds is 8. The lowest BCUT2D eigenvalue weighted by Crippen LogP contribution is -2.35. The van der Waals surface area contributed by atoms with Gasteiger partial charge in [-0.3, -0.25) is 4.79 Å². The summed E-state index contributed by atoms with van der Waals surface area (Å²) in [7, 11) is 3.10. The molecular weight excluding hydrogens is 425 g/mol. The molecule has 0 aromatic heterocycles. The van der Waals surface area contributed by atoms with Crippen molar-refractivity contribution in [3.05, 3.63) is 45.6 Å². The van der Waals surface area contributed by atoms with Crippen molar-refractivity contribution < 1.29 is 14.3 Å². The topological polar surface area (TPSA) is 97.4 Å². The molecule has 0 spiro atoms. The summed E-state index contributed by atoms with van der Waals surface area (Å²) in [5.41, 5.74) is 8.97. The first kappa shape index (κ1) is 22.5. The molecule has 2 aliphatic rings.